The van der Waals surface area contributed by atoms with Crippen molar-refractivity contribution in [3.63, 3.8) is 0 Å². The molecular formula is C4H8NO3S-. The molecule has 2 unspecified atom stereocenters. The van der Waals surface area contributed by atoms with Crippen LogP contribution in [0.1, 0.15) is 12.8 Å². The molecule has 4 nitrogen and oxygen atoms in total. The van der Waals surface area contributed by atoms with Gasteiger partial charge in [-0.05, 0) is 12.8 Å². The molecule has 54 valence electrons. The molecule has 1 aliphatic rings. The zero-order valence-corrected chi connectivity index (χ0v) is 5.63. The van der Waals surface area contributed by atoms with Crippen LogP contribution in [0.5, 0.6) is 0 Å². The summed E-state index contributed by atoms with van der Waals surface area (Å²) in [4.78, 5) is 0. The van der Waals surface area contributed by atoms with E-state index in [0.29, 0.717) is 13.0 Å². The Morgan fingerprint density at radius 1 is 1.78 bits per heavy atom. The Morgan fingerprint density at radius 2 is 2.44 bits per heavy atom. The molecule has 1 saturated heterocycles. The van der Waals surface area contributed by atoms with E-state index in [1.807, 2.05) is 0 Å². The van der Waals surface area contributed by atoms with Crippen molar-refractivity contribution in [3.05, 3.63) is 0 Å². The lowest BCUT2D eigenvalue weighted by molar-refractivity contribution is 0.0932. The van der Waals surface area contributed by atoms with Gasteiger partial charge in [-0.25, -0.2) is 4.31 Å². The molecule has 1 rings (SSSR count). The van der Waals surface area contributed by atoms with Crippen LogP contribution in [0.3, 0.4) is 0 Å². The van der Waals surface area contributed by atoms with E-state index in [1.54, 1.807) is 0 Å². The molecule has 0 radical (unpaired) electrons. The van der Waals surface area contributed by atoms with Crippen LogP contribution in [0.15, 0.2) is 0 Å². The Hall–Kier alpha value is 0.0300. The topological polar surface area (TPSA) is 63.6 Å². The quantitative estimate of drug-likeness (QED) is 0.497. The van der Waals surface area contributed by atoms with E-state index in [0.717, 1.165) is 10.7 Å². The van der Waals surface area contributed by atoms with Crippen LogP contribution < -0.4 is 0 Å². The third-order valence-corrected chi connectivity index (χ3v) is 2.17. The number of rotatable bonds is 1. The van der Waals surface area contributed by atoms with Crippen molar-refractivity contribution >= 4 is 11.3 Å². The molecule has 0 aliphatic carbocycles. The smallest absolute Gasteiger partial charge is 0.117 e. The minimum Gasteiger partial charge on any atom is -0.760 e. The van der Waals surface area contributed by atoms with E-state index in [1.165, 1.54) is 0 Å². The normalized spacial score (nSPS) is 32.9. The molecule has 0 aromatic heterocycles. The van der Waals surface area contributed by atoms with Crippen LogP contribution in [0, 0.1) is 0 Å². The summed E-state index contributed by atoms with van der Waals surface area (Å²) >= 11 is -2.24. The zero-order valence-electron chi connectivity index (χ0n) is 4.82. The van der Waals surface area contributed by atoms with Gasteiger partial charge in [-0.15, -0.1) is 0 Å². The second-order valence-electron chi connectivity index (χ2n) is 1.98. The summed E-state index contributed by atoms with van der Waals surface area (Å²) < 4.78 is 21.4. The van der Waals surface area contributed by atoms with Gasteiger partial charge in [0.2, 0.25) is 0 Å². The fraction of sp³-hybridized carbons (Fsp3) is 1.00. The Kier molecular flexibility index (Phi) is 2.18. The lowest BCUT2D eigenvalue weighted by atomic mass is 10.4. The highest BCUT2D eigenvalue weighted by atomic mass is 32.2. The number of hydrogen-bond donors (Lipinski definition) is 1. The van der Waals surface area contributed by atoms with Gasteiger partial charge in [0.25, 0.3) is 0 Å². The summed E-state index contributed by atoms with van der Waals surface area (Å²) in [5.41, 5.74) is 0. The largest absolute Gasteiger partial charge is 0.760 e. The van der Waals surface area contributed by atoms with Crippen molar-refractivity contribution in [3.8, 4) is 0 Å². The van der Waals surface area contributed by atoms with Crippen molar-refractivity contribution in [1.29, 1.82) is 0 Å². The third-order valence-electron chi connectivity index (χ3n) is 1.36. The van der Waals surface area contributed by atoms with Crippen molar-refractivity contribution < 1.29 is 13.9 Å². The summed E-state index contributed by atoms with van der Waals surface area (Å²) in [6.45, 7) is 0.456. The van der Waals surface area contributed by atoms with Crippen molar-refractivity contribution in [2.75, 3.05) is 6.54 Å². The number of hydrogen-bond acceptors (Lipinski definition) is 3. The molecule has 0 saturated carbocycles. The van der Waals surface area contributed by atoms with E-state index in [4.69, 9.17) is 5.11 Å². The van der Waals surface area contributed by atoms with Gasteiger partial charge in [-0.3, -0.25) is 4.21 Å². The second-order valence-corrected chi connectivity index (χ2v) is 2.88. The molecule has 1 N–H and O–H groups in total. The highest BCUT2D eigenvalue weighted by molar-refractivity contribution is 7.76. The molecule has 0 amide bonds. The van der Waals surface area contributed by atoms with Crippen LogP contribution in [0.2, 0.25) is 0 Å². The van der Waals surface area contributed by atoms with Crippen molar-refractivity contribution in [1.82, 2.24) is 4.31 Å². The highest BCUT2D eigenvalue weighted by Crippen LogP contribution is 2.14. The summed E-state index contributed by atoms with van der Waals surface area (Å²) in [5.74, 6) is 0. The van der Waals surface area contributed by atoms with Gasteiger partial charge >= 0.3 is 0 Å². The van der Waals surface area contributed by atoms with Gasteiger partial charge < -0.3 is 9.66 Å². The lowest BCUT2D eigenvalue weighted by Crippen LogP contribution is -2.30. The average molecular weight is 150 g/mol. The van der Waals surface area contributed by atoms with E-state index in [-0.39, 0.29) is 0 Å². The minimum absolute atomic E-state index is 0.456. The van der Waals surface area contributed by atoms with E-state index in [9.17, 15) is 8.76 Å². The molecule has 2 atom stereocenters. The number of aliphatic hydroxyl groups excluding tert-OH is 1. The van der Waals surface area contributed by atoms with E-state index >= 15 is 0 Å². The predicted octanol–water partition coefficient (Wildman–Crippen LogP) is -0.805. The first kappa shape index (κ1) is 7.14. The van der Waals surface area contributed by atoms with Crippen LogP contribution in [-0.4, -0.2) is 30.9 Å². The molecule has 0 aromatic carbocycles. The van der Waals surface area contributed by atoms with Gasteiger partial charge in [-0.1, -0.05) is 0 Å². The van der Waals surface area contributed by atoms with Gasteiger partial charge in [0, 0.05) is 17.8 Å². The van der Waals surface area contributed by atoms with E-state index < -0.39 is 17.5 Å². The predicted molar refractivity (Wildman–Crippen MR) is 30.9 cm³/mol. The minimum atomic E-state index is -2.24. The summed E-state index contributed by atoms with van der Waals surface area (Å²) in [7, 11) is 0. The van der Waals surface area contributed by atoms with Crippen LogP contribution >= 0.6 is 0 Å². The molecule has 1 heterocycles. The van der Waals surface area contributed by atoms with Gasteiger partial charge in [0.05, 0.1) is 0 Å². The molecule has 0 aromatic rings. The maximum Gasteiger partial charge on any atom is 0.117 e. The molecule has 0 spiro atoms. The van der Waals surface area contributed by atoms with E-state index in [2.05, 4.69) is 0 Å². The highest BCUT2D eigenvalue weighted by Gasteiger charge is 2.21. The summed E-state index contributed by atoms with van der Waals surface area (Å²) in [6.07, 6.45) is 0.548. The Bertz CT molecular complexity index is 129. The first-order valence-electron chi connectivity index (χ1n) is 2.76. The Balaban J connectivity index is 2.49. The fourth-order valence-electron chi connectivity index (χ4n) is 0.897. The monoisotopic (exact) mass is 150 g/mol. The number of nitrogens with zero attached hydrogens (tertiary/aromatic N) is 1. The maximum absolute atomic E-state index is 10.2. The fourth-order valence-corrected chi connectivity index (χ4v) is 1.48. The second kappa shape index (κ2) is 2.74. The average Bonchev–Trinajstić information content (AvgIpc) is 2.13. The lowest BCUT2D eigenvalue weighted by Gasteiger charge is -2.21. The van der Waals surface area contributed by atoms with Crippen LogP contribution in [-0.2, 0) is 11.3 Å². The maximum atomic E-state index is 10.2. The third kappa shape index (κ3) is 1.48. The Labute approximate surface area is 55.9 Å². The van der Waals surface area contributed by atoms with Crippen molar-refractivity contribution in [2.24, 2.45) is 0 Å². The molecule has 1 fully saturated rings. The first-order valence-corrected chi connectivity index (χ1v) is 3.79. The first-order chi connectivity index (χ1) is 4.22. The SMILES string of the molecule is O=S([O-])N1CCCC1O. The van der Waals surface area contributed by atoms with Crippen molar-refractivity contribution in [2.45, 2.75) is 19.1 Å². The van der Waals surface area contributed by atoms with Crippen LogP contribution in [0.4, 0.5) is 0 Å². The Morgan fingerprint density at radius 3 is 2.67 bits per heavy atom. The van der Waals surface area contributed by atoms with Gasteiger partial charge in [-0.2, -0.15) is 0 Å². The molecule has 5 heteroatoms. The summed E-state index contributed by atoms with van der Waals surface area (Å²) in [5, 5.41) is 8.89. The van der Waals surface area contributed by atoms with Crippen LogP contribution in [0.25, 0.3) is 0 Å². The van der Waals surface area contributed by atoms with Gasteiger partial charge in [0.1, 0.15) is 6.23 Å². The molecule has 0 bridgehead atoms. The molecule has 9 heavy (non-hydrogen) atoms. The standard InChI is InChI=1S/C4H9NO3S/c6-4-2-1-3-5(4)9(7)8/h4,6H,1-3H2,(H,7,8)/p-1. The van der Waals surface area contributed by atoms with Gasteiger partial charge in [0.15, 0.2) is 0 Å². The molecule has 1 aliphatic heterocycles. The molecular weight excluding hydrogens is 142 g/mol. The number of aliphatic hydroxyl groups is 1. The summed E-state index contributed by atoms with van der Waals surface area (Å²) in [6, 6.07) is 0. The zero-order chi connectivity index (χ0) is 6.85.